The molecule has 110 valence electrons. The van der Waals surface area contributed by atoms with Crippen LogP contribution in [0.4, 0.5) is 10.6 Å². The van der Waals surface area contributed by atoms with Crippen molar-refractivity contribution in [1.29, 1.82) is 0 Å². The van der Waals surface area contributed by atoms with E-state index in [0.29, 0.717) is 0 Å². The zero-order valence-electron chi connectivity index (χ0n) is 11.6. The monoisotopic (exact) mass is 351 g/mol. The van der Waals surface area contributed by atoms with Crippen LogP contribution in [0.25, 0.3) is 11.4 Å². The van der Waals surface area contributed by atoms with Crippen molar-refractivity contribution < 1.29 is 9.53 Å². The fourth-order valence-corrected chi connectivity index (χ4v) is 2.78. The number of amides is 1. The second-order valence-electron chi connectivity index (χ2n) is 4.91. The number of ether oxygens (including phenoxy) is 1. The van der Waals surface area contributed by atoms with Gasteiger partial charge in [-0.05, 0) is 35.8 Å². The van der Waals surface area contributed by atoms with Crippen molar-refractivity contribution in [1.82, 2.24) is 14.5 Å². The summed E-state index contributed by atoms with van der Waals surface area (Å²) in [5, 5.41) is 3.28. The highest BCUT2D eigenvalue weighted by Crippen LogP contribution is 2.32. The molecule has 0 unspecified atom stereocenters. The van der Waals surface area contributed by atoms with Crippen molar-refractivity contribution in [3.63, 3.8) is 0 Å². The van der Waals surface area contributed by atoms with E-state index < -0.39 is 6.09 Å². The maximum Gasteiger partial charge on any atom is 0.437 e. The molecule has 0 aliphatic carbocycles. The van der Waals surface area contributed by atoms with Crippen molar-refractivity contribution in [3.8, 4) is 11.4 Å². The minimum Gasteiger partial charge on any atom is -0.445 e. The van der Waals surface area contributed by atoms with Gasteiger partial charge >= 0.3 is 6.09 Å². The molecule has 8 heteroatoms. The van der Waals surface area contributed by atoms with Crippen molar-refractivity contribution in [3.05, 3.63) is 22.4 Å². The average Bonchev–Trinajstić information content (AvgIpc) is 2.88. The minimum atomic E-state index is -0.679. The van der Waals surface area contributed by atoms with Gasteiger partial charge in [-0.1, -0.05) is 0 Å². The molecule has 7 nitrogen and oxygen atoms in total. The third-order valence-electron chi connectivity index (χ3n) is 2.97. The van der Waals surface area contributed by atoms with E-state index in [1.54, 1.807) is 20.0 Å². The normalized spacial score (nSPS) is 14.4. The molecule has 3 rings (SSSR count). The van der Waals surface area contributed by atoms with Crippen molar-refractivity contribution in [2.75, 3.05) is 11.9 Å². The molecular weight excluding hydrogens is 338 g/mol. The Hall–Kier alpha value is -1.96. The Balaban J connectivity index is 2.09. The van der Waals surface area contributed by atoms with Gasteiger partial charge in [0.2, 0.25) is 0 Å². The number of nitrogens with one attached hydrogen (secondary N) is 1. The van der Waals surface area contributed by atoms with Crippen LogP contribution in [0.15, 0.2) is 21.7 Å². The van der Waals surface area contributed by atoms with Gasteiger partial charge in [0.15, 0.2) is 0 Å². The number of fused-ring (bicyclic) bond motifs is 3. The fourth-order valence-electron chi connectivity index (χ4n) is 2.18. The van der Waals surface area contributed by atoms with Gasteiger partial charge in [0.05, 0.1) is 10.6 Å². The molecule has 0 atom stereocenters. The molecule has 0 bridgehead atoms. The Morgan fingerprint density at radius 2 is 2.38 bits per heavy atom. The van der Waals surface area contributed by atoms with Gasteiger partial charge in [-0.25, -0.2) is 9.78 Å². The summed E-state index contributed by atoms with van der Waals surface area (Å²) in [4.78, 5) is 23.8. The number of anilines is 1. The molecule has 0 spiro atoms. The molecule has 21 heavy (non-hydrogen) atoms. The van der Waals surface area contributed by atoms with Crippen molar-refractivity contribution >= 4 is 27.8 Å². The van der Waals surface area contributed by atoms with Crippen LogP contribution in [0, 0.1) is 0 Å². The number of pyridine rings is 1. The van der Waals surface area contributed by atoms with Gasteiger partial charge < -0.3 is 14.6 Å². The van der Waals surface area contributed by atoms with E-state index in [1.807, 2.05) is 10.6 Å². The Morgan fingerprint density at radius 1 is 1.57 bits per heavy atom. The number of hydrogen-bond donors (Lipinski definition) is 1. The lowest BCUT2D eigenvalue weighted by Gasteiger charge is -2.13. The van der Waals surface area contributed by atoms with E-state index in [-0.39, 0.29) is 11.7 Å². The largest absolute Gasteiger partial charge is 0.445 e. The quantitative estimate of drug-likeness (QED) is 0.849. The summed E-state index contributed by atoms with van der Waals surface area (Å²) in [7, 11) is 0. The van der Waals surface area contributed by atoms with Crippen LogP contribution in [0.2, 0.25) is 0 Å². The Kier molecular flexibility index (Phi) is 3.62. The van der Waals surface area contributed by atoms with Gasteiger partial charge in [-0.15, -0.1) is 4.99 Å². The number of carbonyl (C=O) groups excluding carboxylic acids is 1. The fraction of sp³-hybridized carbons (Fsp3) is 0.385. The SMILES string of the molecule is CC(C)OC(=O)N=c1ncc2cc(Br)c3n(c-2n1)CCN3. The van der Waals surface area contributed by atoms with Crippen LogP contribution in [0.5, 0.6) is 0 Å². The highest BCUT2D eigenvalue weighted by atomic mass is 79.9. The standard InChI is InChI=1S/C13H14BrN5O2/c1-7(2)21-13(20)18-12-16-6-8-5-9(14)11-15-3-4-19(11)10(8)17-12/h5-7,15H,3-4H2,1-2H3. The average molecular weight is 352 g/mol. The van der Waals surface area contributed by atoms with E-state index in [4.69, 9.17) is 4.74 Å². The molecule has 0 aromatic heterocycles. The second-order valence-corrected chi connectivity index (χ2v) is 5.77. The minimum absolute atomic E-state index is 0.108. The highest BCUT2D eigenvalue weighted by Gasteiger charge is 2.20. The van der Waals surface area contributed by atoms with Crippen LogP contribution in [0.3, 0.4) is 0 Å². The zero-order valence-corrected chi connectivity index (χ0v) is 13.2. The summed E-state index contributed by atoms with van der Waals surface area (Å²) in [5.41, 5.74) is 0.988. The van der Waals surface area contributed by atoms with Gasteiger partial charge in [0, 0.05) is 24.8 Å². The first-order valence-corrected chi connectivity index (χ1v) is 7.39. The molecular formula is C13H14BrN5O2. The molecule has 0 fully saturated rings. The van der Waals surface area contributed by atoms with Crippen LogP contribution < -0.4 is 10.9 Å². The predicted octanol–water partition coefficient (Wildman–Crippen LogP) is 2.02. The smallest absolute Gasteiger partial charge is 0.437 e. The molecule has 0 saturated carbocycles. The molecule has 3 aliphatic heterocycles. The van der Waals surface area contributed by atoms with Gasteiger partial charge in [0.25, 0.3) is 5.62 Å². The van der Waals surface area contributed by atoms with Gasteiger partial charge in [-0.3, -0.25) is 0 Å². The topological polar surface area (TPSA) is 81.4 Å². The summed E-state index contributed by atoms with van der Waals surface area (Å²) < 4.78 is 7.96. The van der Waals surface area contributed by atoms with E-state index in [0.717, 1.165) is 34.8 Å². The van der Waals surface area contributed by atoms with Crippen LogP contribution in [-0.4, -0.2) is 33.3 Å². The first kappa shape index (κ1) is 14.0. The molecule has 0 aromatic rings. The number of nitrogens with zero attached hydrogens (tertiary/aromatic N) is 4. The number of halogens is 1. The molecule has 0 saturated heterocycles. The third-order valence-corrected chi connectivity index (χ3v) is 3.58. The van der Waals surface area contributed by atoms with E-state index in [2.05, 4.69) is 36.2 Å². The maximum atomic E-state index is 11.6. The Labute approximate surface area is 129 Å². The molecule has 3 heterocycles. The van der Waals surface area contributed by atoms with Crippen LogP contribution in [0.1, 0.15) is 13.8 Å². The number of carbonyl (C=O) groups is 1. The predicted molar refractivity (Wildman–Crippen MR) is 80.0 cm³/mol. The van der Waals surface area contributed by atoms with Gasteiger partial charge in [0.1, 0.15) is 11.6 Å². The Bertz CT molecular complexity index is 740. The van der Waals surface area contributed by atoms with Crippen molar-refractivity contribution in [2.24, 2.45) is 4.99 Å². The van der Waals surface area contributed by atoms with Crippen LogP contribution >= 0.6 is 15.9 Å². The molecule has 0 radical (unpaired) electrons. The second kappa shape index (κ2) is 5.44. The summed E-state index contributed by atoms with van der Waals surface area (Å²) in [5.74, 6) is 1.71. The highest BCUT2D eigenvalue weighted by molar-refractivity contribution is 9.10. The van der Waals surface area contributed by atoms with Crippen LogP contribution in [-0.2, 0) is 11.3 Å². The third kappa shape index (κ3) is 2.76. The molecule has 3 aliphatic rings. The van der Waals surface area contributed by atoms with Gasteiger partial charge in [-0.2, -0.15) is 4.98 Å². The summed E-state index contributed by atoms with van der Waals surface area (Å²) >= 11 is 3.52. The lowest BCUT2D eigenvalue weighted by Crippen LogP contribution is -2.20. The first-order chi connectivity index (χ1) is 10.0. The lowest BCUT2D eigenvalue weighted by molar-refractivity contribution is 0.124. The van der Waals surface area contributed by atoms with Crippen molar-refractivity contribution in [2.45, 2.75) is 26.5 Å². The molecule has 1 amide bonds. The summed E-state index contributed by atoms with van der Waals surface area (Å²) in [6.45, 7) is 5.17. The summed E-state index contributed by atoms with van der Waals surface area (Å²) in [6, 6.07) is 1.94. The van der Waals surface area contributed by atoms with E-state index in [1.165, 1.54) is 0 Å². The molecule has 0 aromatic carbocycles. The zero-order chi connectivity index (χ0) is 15.0. The number of aromatic nitrogens is 3. The maximum absolute atomic E-state index is 11.6. The number of rotatable bonds is 1. The van der Waals surface area contributed by atoms with E-state index >= 15 is 0 Å². The Morgan fingerprint density at radius 3 is 3.14 bits per heavy atom. The lowest BCUT2D eigenvalue weighted by atomic mass is 10.2. The molecule has 1 N–H and O–H groups in total. The number of hydrogen-bond acceptors (Lipinski definition) is 5. The van der Waals surface area contributed by atoms with E-state index in [9.17, 15) is 4.79 Å². The summed E-state index contributed by atoms with van der Waals surface area (Å²) in [6.07, 6.45) is 0.752. The first-order valence-electron chi connectivity index (χ1n) is 6.60.